The Kier molecular flexibility index (Phi) is 4.27. The van der Waals surface area contributed by atoms with Crippen molar-refractivity contribution in [2.75, 3.05) is 12.4 Å². The van der Waals surface area contributed by atoms with E-state index in [0.29, 0.717) is 11.3 Å². The molecule has 0 spiro atoms. The van der Waals surface area contributed by atoms with Crippen LogP contribution in [0, 0.1) is 11.3 Å². The first-order chi connectivity index (χ1) is 7.90. The van der Waals surface area contributed by atoms with Gasteiger partial charge in [-0.2, -0.15) is 5.26 Å². The van der Waals surface area contributed by atoms with Crippen molar-refractivity contribution in [1.29, 1.82) is 5.26 Å². The minimum absolute atomic E-state index is 0.297. The van der Waals surface area contributed by atoms with Crippen LogP contribution >= 0.6 is 15.9 Å². The van der Waals surface area contributed by atoms with Crippen molar-refractivity contribution < 1.29 is 9.53 Å². The molecule has 1 aromatic rings. The van der Waals surface area contributed by atoms with Crippen LogP contribution in [0.2, 0.25) is 0 Å². The number of methoxy groups -OCH3 is 1. The summed E-state index contributed by atoms with van der Waals surface area (Å²) >= 11 is 3.29. The van der Waals surface area contributed by atoms with Crippen molar-refractivity contribution in [2.45, 2.75) is 19.4 Å². The fourth-order valence-corrected chi connectivity index (χ4v) is 1.44. The molecule has 90 valence electrons. The van der Waals surface area contributed by atoms with Crippen molar-refractivity contribution >= 4 is 27.5 Å². The van der Waals surface area contributed by atoms with E-state index in [1.54, 1.807) is 32.0 Å². The van der Waals surface area contributed by atoms with Gasteiger partial charge < -0.3 is 10.1 Å². The molecular formula is C12H13BrN2O2. The number of ether oxygens (including phenoxy) is 1. The first-order valence-corrected chi connectivity index (χ1v) is 5.76. The molecule has 0 aliphatic heterocycles. The van der Waals surface area contributed by atoms with Gasteiger partial charge in [0.1, 0.15) is 11.7 Å². The summed E-state index contributed by atoms with van der Waals surface area (Å²) in [4.78, 5) is 11.9. The number of hydrogen-bond donors (Lipinski definition) is 1. The number of nitrogens with one attached hydrogen (secondary N) is 1. The second-order valence-electron chi connectivity index (χ2n) is 3.97. The van der Waals surface area contributed by atoms with Gasteiger partial charge in [-0.25, -0.2) is 0 Å². The van der Waals surface area contributed by atoms with Gasteiger partial charge in [-0.3, -0.25) is 4.79 Å². The predicted molar refractivity (Wildman–Crippen MR) is 68.6 cm³/mol. The van der Waals surface area contributed by atoms with E-state index in [1.165, 1.54) is 7.11 Å². The van der Waals surface area contributed by atoms with Gasteiger partial charge in [-0.1, -0.05) is 15.9 Å². The Labute approximate surface area is 109 Å². The number of nitrogens with zero attached hydrogens (tertiary/aromatic N) is 1. The number of halogens is 1. The Balaban J connectivity index is 3.00. The molecule has 1 N–H and O–H groups in total. The summed E-state index contributed by atoms with van der Waals surface area (Å²) in [5.41, 5.74) is -0.0554. The summed E-state index contributed by atoms with van der Waals surface area (Å²) in [6.07, 6.45) is 0. The second-order valence-corrected chi connectivity index (χ2v) is 4.89. The summed E-state index contributed by atoms with van der Waals surface area (Å²) in [5, 5.41) is 11.6. The first kappa shape index (κ1) is 13.7. The number of nitriles is 1. The van der Waals surface area contributed by atoms with Crippen LogP contribution in [0.25, 0.3) is 0 Å². The molecule has 0 fully saturated rings. The van der Waals surface area contributed by atoms with E-state index in [2.05, 4.69) is 21.2 Å². The molecule has 0 aromatic heterocycles. The monoisotopic (exact) mass is 296 g/mol. The van der Waals surface area contributed by atoms with Crippen LogP contribution in [0.15, 0.2) is 22.7 Å². The summed E-state index contributed by atoms with van der Waals surface area (Å²) in [6, 6.07) is 7.09. The Hall–Kier alpha value is -1.38. The van der Waals surface area contributed by atoms with Crippen LogP contribution in [0.3, 0.4) is 0 Å². The van der Waals surface area contributed by atoms with Gasteiger partial charge in [-0.15, -0.1) is 0 Å². The van der Waals surface area contributed by atoms with Gasteiger partial charge in [0, 0.05) is 11.6 Å². The van der Waals surface area contributed by atoms with E-state index >= 15 is 0 Å². The zero-order valence-electron chi connectivity index (χ0n) is 9.87. The highest BCUT2D eigenvalue weighted by Crippen LogP contribution is 2.22. The number of anilines is 1. The molecule has 0 atom stereocenters. The Morgan fingerprint density at radius 3 is 2.71 bits per heavy atom. The van der Waals surface area contributed by atoms with E-state index in [0.717, 1.165) is 4.47 Å². The van der Waals surface area contributed by atoms with Crippen LogP contribution in [-0.4, -0.2) is 18.6 Å². The normalized spacial score (nSPS) is 10.8. The zero-order valence-corrected chi connectivity index (χ0v) is 11.5. The largest absolute Gasteiger partial charge is 0.369 e. The topological polar surface area (TPSA) is 62.1 Å². The number of carbonyl (C=O) groups is 1. The van der Waals surface area contributed by atoms with Gasteiger partial charge in [0.05, 0.1) is 11.3 Å². The van der Waals surface area contributed by atoms with E-state index in [1.807, 2.05) is 6.07 Å². The lowest BCUT2D eigenvalue weighted by Gasteiger charge is -2.22. The SMILES string of the molecule is COC(C)(C)C(=O)Nc1cc(Br)ccc1C#N. The van der Waals surface area contributed by atoms with Gasteiger partial charge in [-0.05, 0) is 32.0 Å². The van der Waals surface area contributed by atoms with E-state index in [4.69, 9.17) is 10.00 Å². The number of benzene rings is 1. The molecule has 0 saturated heterocycles. The van der Waals surface area contributed by atoms with Crippen molar-refractivity contribution in [2.24, 2.45) is 0 Å². The van der Waals surface area contributed by atoms with Crippen LogP contribution in [0.5, 0.6) is 0 Å². The van der Waals surface area contributed by atoms with Crippen molar-refractivity contribution in [1.82, 2.24) is 0 Å². The molecule has 1 amide bonds. The third-order valence-corrected chi connectivity index (χ3v) is 2.90. The summed E-state index contributed by atoms with van der Waals surface area (Å²) in [6.45, 7) is 3.32. The second kappa shape index (κ2) is 5.30. The molecule has 0 unspecified atom stereocenters. The molecule has 1 rings (SSSR count). The lowest BCUT2D eigenvalue weighted by Crippen LogP contribution is -2.39. The first-order valence-electron chi connectivity index (χ1n) is 4.97. The summed E-state index contributed by atoms with van der Waals surface area (Å²) in [7, 11) is 1.46. The molecule has 0 radical (unpaired) electrons. The molecule has 0 aliphatic carbocycles. The standard InChI is InChI=1S/C12H13BrN2O2/c1-12(2,17-3)11(16)15-10-6-9(13)5-4-8(10)7-14/h4-6H,1-3H3,(H,15,16). The summed E-state index contributed by atoms with van der Waals surface area (Å²) < 4.78 is 5.86. The van der Waals surface area contributed by atoms with Crippen LogP contribution in [0.4, 0.5) is 5.69 Å². The quantitative estimate of drug-likeness (QED) is 0.933. The van der Waals surface area contributed by atoms with Crippen molar-refractivity contribution in [3.05, 3.63) is 28.2 Å². The highest BCUT2D eigenvalue weighted by Gasteiger charge is 2.27. The molecule has 0 bridgehead atoms. The molecule has 4 nitrogen and oxygen atoms in total. The zero-order chi connectivity index (χ0) is 13.1. The molecule has 1 aromatic carbocycles. The number of hydrogen-bond acceptors (Lipinski definition) is 3. The van der Waals surface area contributed by atoms with Crippen LogP contribution in [-0.2, 0) is 9.53 Å². The maximum absolute atomic E-state index is 11.9. The highest BCUT2D eigenvalue weighted by molar-refractivity contribution is 9.10. The van der Waals surface area contributed by atoms with Crippen molar-refractivity contribution in [3.63, 3.8) is 0 Å². The number of carbonyl (C=O) groups excluding carboxylic acids is 1. The third kappa shape index (κ3) is 3.29. The molecule has 0 saturated carbocycles. The van der Waals surface area contributed by atoms with Gasteiger partial charge in [0.15, 0.2) is 0 Å². The highest BCUT2D eigenvalue weighted by atomic mass is 79.9. The minimum atomic E-state index is -0.935. The molecule has 17 heavy (non-hydrogen) atoms. The molecule has 0 heterocycles. The van der Waals surface area contributed by atoms with Gasteiger partial charge >= 0.3 is 0 Å². The predicted octanol–water partition coefficient (Wildman–Crippen LogP) is 2.68. The maximum Gasteiger partial charge on any atom is 0.256 e. The fraction of sp³-hybridized carbons (Fsp3) is 0.333. The number of rotatable bonds is 3. The smallest absolute Gasteiger partial charge is 0.256 e. The average Bonchev–Trinajstić information content (AvgIpc) is 2.29. The lowest BCUT2D eigenvalue weighted by atomic mass is 10.1. The Morgan fingerprint density at radius 1 is 1.53 bits per heavy atom. The Bertz CT molecular complexity index is 478. The minimum Gasteiger partial charge on any atom is -0.369 e. The van der Waals surface area contributed by atoms with E-state index in [-0.39, 0.29) is 5.91 Å². The Morgan fingerprint density at radius 2 is 2.18 bits per heavy atom. The summed E-state index contributed by atoms with van der Waals surface area (Å²) in [5.74, 6) is -0.297. The van der Waals surface area contributed by atoms with Crippen LogP contribution in [0.1, 0.15) is 19.4 Å². The maximum atomic E-state index is 11.9. The molecule has 0 aliphatic rings. The average molecular weight is 297 g/mol. The fourth-order valence-electron chi connectivity index (χ4n) is 1.08. The van der Waals surface area contributed by atoms with Crippen molar-refractivity contribution in [3.8, 4) is 6.07 Å². The third-order valence-electron chi connectivity index (χ3n) is 2.41. The molecule has 5 heteroatoms. The molecular weight excluding hydrogens is 284 g/mol. The van der Waals surface area contributed by atoms with E-state index < -0.39 is 5.60 Å². The van der Waals surface area contributed by atoms with E-state index in [9.17, 15) is 4.79 Å². The van der Waals surface area contributed by atoms with Gasteiger partial charge in [0.2, 0.25) is 0 Å². The van der Waals surface area contributed by atoms with Crippen LogP contribution < -0.4 is 5.32 Å². The van der Waals surface area contributed by atoms with Gasteiger partial charge in [0.25, 0.3) is 5.91 Å². The number of amides is 1. The lowest BCUT2D eigenvalue weighted by molar-refractivity contribution is -0.133.